The number of benzene rings is 2. The van der Waals surface area contributed by atoms with E-state index >= 15 is 0 Å². The Morgan fingerprint density at radius 1 is 1.29 bits per heavy atom. The molecule has 0 amide bonds. The third kappa shape index (κ3) is 2.87. The van der Waals surface area contributed by atoms with Crippen molar-refractivity contribution in [3.8, 4) is 17.6 Å². The molecule has 2 aromatic rings. The predicted octanol–water partition coefficient (Wildman–Crippen LogP) is 3.38. The van der Waals surface area contributed by atoms with E-state index in [1.165, 1.54) is 30.3 Å². The van der Waals surface area contributed by atoms with Gasteiger partial charge in [0.05, 0.1) is 16.1 Å². The number of nitrogens with zero attached hydrogens (tertiary/aromatic N) is 2. The molecule has 0 aromatic heterocycles. The average molecular weight is 282 g/mol. The van der Waals surface area contributed by atoms with E-state index in [2.05, 4.69) is 0 Å². The topological polar surface area (TPSA) is 93.2 Å². The second kappa shape index (κ2) is 5.84. The molecule has 2 aromatic carbocycles. The van der Waals surface area contributed by atoms with Crippen LogP contribution in [0, 0.1) is 28.4 Å². The van der Waals surface area contributed by atoms with E-state index in [0.29, 0.717) is 23.2 Å². The minimum absolute atomic E-state index is 0.0597. The molecule has 2 rings (SSSR count). The second-order valence-electron chi connectivity index (χ2n) is 4.24. The van der Waals surface area contributed by atoms with Crippen LogP contribution in [0.3, 0.4) is 0 Å². The van der Waals surface area contributed by atoms with Crippen molar-refractivity contribution < 1.29 is 14.5 Å². The van der Waals surface area contributed by atoms with Gasteiger partial charge in [-0.3, -0.25) is 14.9 Å². The maximum Gasteiger partial charge on any atom is 0.276 e. The molecule has 0 fully saturated rings. The van der Waals surface area contributed by atoms with E-state index in [9.17, 15) is 14.9 Å². The summed E-state index contributed by atoms with van der Waals surface area (Å²) in [7, 11) is 0. The number of rotatable bonds is 4. The summed E-state index contributed by atoms with van der Waals surface area (Å²) in [6, 6.07) is 10.8. The molecular weight excluding hydrogens is 272 g/mol. The maximum atomic E-state index is 10.9. The number of carbonyl (C=O) groups excluding carboxylic acids is 1. The van der Waals surface area contributed by atoms with Gasteiger partial charge in [0, 0.05) is 11.6 Å². The van der Waals surface area contributed by atoms with Gasteiger partial charge < -0.3 is 4.74 Å². The van der Waals surface area contributed by atoms with Crippen LogP contribution in [0.15, 0.2) is 36.4 Å². The van der Waals surface area contributed by atoms with Gasteiger partial charge in [0.1, 0.15) is 23.9 Å². The number of hydrogen-bond acceptors (Lipinski definition) is 5. The van der Waals surface area contributed by atoms with Crippen LogP contribution in [-0.2, 0) is 0 Å². The van der Waals surface area contributed by atoms with Crippen molar-refractivity contribution in [2.75, 3.05) is 0 Å². The second-order valence-corrected chi connectivity index (χ2v) is 4.24. The Balaban J connectivity index is 2.44. The quantitative estimate of drug-likeness (QED) is 0.486. The van der Waals surface area contributed by atoms with Gasteiger partial charge in [-0.2, -0.15) is 5.26 Å². The molecule has 0 aliphatic rings. The minimum Gasteiger partial charge on any atom is -0.455 e. The van der Waals surface area contributed by atoms with Crippen molar-refractivity contribution in [3.05, 3.63) is 63.2 Å². The molecule has 0 bridgehead atoms. The highest BCUT2D eigenvalue weighted by atomic mass is 16.6. The van der Waals surface area contributed by atoms with Crippen LogP contribution in [-0.4, -0.2) is 11.2 Å². The Morgan fingerprint density at radius 2 is 2.05 bits per heavy atom. The fourth-order valence-corrected chi connectivity index (χ4v) is 1.83. The van der Waals surface area contributed by atoms with E-state index in [1.807, 2.05) is 6.07 Å². The van der Waals surface area contributed by atoms with Crippen LogP contribution in [0.1, 0.15) is 21.5 Å². The van der Waals surface area contributed by atoms with Gasteiger partial charge in [-0.25, -0.2) is 0 Å². The van der Waals surface area contributed by atoms with Crippen LogP contribution >= 0.6 is 0 Å². The lowest BCUT2D eigenvalue weighted by Gasteiger charge is -2.10. The fourth-order valence-electron chi connectivity index (χ4n) is 1.83. The van der Waals surface area contributed by atoms with Gasteiger partial charge >= 0.3 is 0 Å². The molecule has 0 radical (unpaired) electrons. The fraction of sp³-hybridized carbons (Fsp3) is 0.0667. The highest BCUT2D eigenvalue weighted by molar-refractivity contribution is 5.76. The number of nitro groups is 1. The molecule has 0 N–H and O–H groups in total. The molecule has 0 aliphatic carbocycles. The summed E-state index contributed by atoms with van der Waals surface area (Å²) in [6.07, 6.45) is 0.628. The summed E-state index contributed by atoms with van der Waals surface area (Å²) in [5, 5.41) is 20.0. The number of ether oxygens (including phenoxy) is 1. The molecule has 0 atom stereocenters. The average Bonchev–Trinajstić information content (AvgIpc) is 2.49. The SMILES string of the molecule is Cc1c(Oc2ccc(C=O)cc2C#N)cccc1[N+](=O)[O-]. The van der Waals surface area contributed by atoms with Crippen LogP contribution < -0.4 is 4.74 Å². The zero-order valence-electron chi connectivity index (χ0n) is 11.1. The number of hydrogen-bond donors (Lipinski definition) is 0. The highest BCUT2D eigenvalue weighted by Gasteiger charge is 2.15. The molecule has 0 saturated heterocycles. The van der Waals surface area contributed by atoms with Crippen LogP contribution in [0.4, 0.5) is 5.69 Å². The Bertz CT molecular complexity index is 763. The van der Waals surface area contributed by atoms with Gasteiger partial charge in [-0.05, 0) is 31.2 Å². The van der Waals surface area contributed by atoms with E-state index in [1.54, 1.807) is 13.0 Å². The first-order valence-corrected chi connectivity index (χ1v) is 5.98. The van der Waals surface area contributed by atoms with Crippen molar-refractivity contribution in [2.24, 2.45) is 0 Å². The van der Waals surface area contributed by atoms with E-state index < -0.39 is 4.92 Å². The Hall–Kier alpha value is -3.20. The summed E-state index contributed by atoms with van der Waals surface area (Å²) >= 11 is 0. The third-order valence-corrected chi connectivity index (χ3v) is 2.93. The van der Waals surface area contributed by atoms with Crippen molar-refractivity contribution in [3.63, 3.8) is 0 Å². The first-order chi connectivity index (χ1) is 10.1. The van der Waals surface area contributed by atoms with Crippen LogP contribution in [0.2, 0.25) is 0 Å². The third-order valence-electron chi connectivity index (χ3n) is 2.93. The molecule has 6 heteroatoms. The van der Waals surface area contributed by atoms with Gasteiger partial charge in [0.25, 0.3) is 5.69 Å². The largest absolute Gasteiger partial charge is 0.455 e. The number of carbonyl (C=O) groups is 1. The lowest BCUT2D eigenvalue weighted by molar-refractivity contribution is -0.385. The zero-order valence-corrected chi connectivity index (χ0v) is 11.1. The lowest BCUT2D eigenvalue weighted by Crippen LogP contribution is -1.96. The van der Waals surface area contributed by atoms with Crippen LogP contribution in [0.5, 0.6) is 11.5 Å². The molecule has 0 aliphatic heterocycles. The predicted molar refractivity (Wildman–Crippen MR) is 74.5 cm³/mol. The molecule has 6 nitrogen and oxygen atoms in total. The van der Waals surface area contributed by atoms with Crippen molar-refractivity contribution in [1.82, 2.24) is 0 Å². The minimum atomic E-state index is -0.497. The summed E-state index contributed by atoms with van der Waals surface area (Å²) in [5.74, 6) is 0.534. The molecule has 21 heavy (non-hydrogen) atoms. The Kier molecular flexibility index (Phi) is 3.95. The molecule has 104 valence electrons. The summed E-state index contributed by atoms with van der Waals surface area (Å²) in [4.78, 5) is 21.1. The lowest BCUT2D eigenvalue weighted by atomic mass is 10.1. The summed E-state index contributed by atoms with van der Waals surface area (Å²) < 4.78 is 5.58. The Morgan fingerprint density at radius 3 is 2.67 bits per heavy atom. The van der Waals surface area contributed by atoms with Gasteiger partial charge in [-0.15, -0.1) is 0 Å². The van der Waals surface area contributed by atoms with Gasteiger partial charge in [0.2, 0.25) is 0 Å². The smallest absolute Gasteiger partial charge is 0.276 e. The maximum absolute atomic E-state index is 10.9. The Labute approximate surface area is 120 Å². The van der Waals surface area contributed by atoms with Gasteiger partial charge in [0.15, 0.2) is 0 Å². The van der Waals surface area contributed by atoms with Crippen molar-refractivity contribution in [1.29, 1.82) is 5.26 Å². The van der Waals surface area contributed by atoms with E-state index in [4.69, 9.17) is 10.00 Å². The van der Waals surface area contributed by atoms with E-state index in [-0.39, 0.29) is 17.0 Å². The first kappa shape index (κ1) is 14.2. The summed E-state index contributed by atoms with van der Waals surface area (Å²) in [5.41, 5.74) is 0.849. The molecule has 0 saturated carbocycles. The molecule has 0 spiro atoms. The molecule has 0 heterocycles. The standard InChI is InChI=1S/C15H10N2O4/c1-10-13(17(19)20)3-2-4-14(10)21-15-6-5-11(9-18)7-12(15)8-16/h2-7,9H,1H3. The van der Waals surface area contributed by atoms with Crippen molar-refractivity contribution in [2.45, 2.75) is 6.92 Å². The summed E-state index contributed by atoms with van der Waals surface area (Å²) in [6.45, 7) is 1.57. The van der Waals surface area contributed by atoms with Gasteiger partial charge in [-0.1, -0.05) is 6.07 Å². The monoisotopic (exact) mass is 282 g/mol. The van der Waals surface area contributed by atoms with Crippen molar-refractivity contribution >= 4 is 12.0 Å². The number of nitro benzene ring substituents is 1. The van der Waals surface area contributed by atoms with Crippen LogP contribution in [0.25, 0.3) is 0 Å². The normalized spacial score (nSPS) is 9.71. The number of aldehydes is 1. The number of nitriles is 1. The zero-order chi connectivity index (χ0) is 15.4. The first-order valence-electron chi connectivity index (χ1n) is 5.98. The van der Waals surface area contributed by atoms with E-state index in [0.717, 1.165) is 0 Å². The highest BCUT2D eigenvalue weighted by Crippen LogP contribution is 2.32. The molecule has 0 unspecified atom stereocenters. The molecular formula is C15H10N2O4.